The van der Waals surface area contributed by atoms with Gasteiger partial charge in [0.05, 0.1) is 10.7 Å². The maximum atomic E-state index is 2.44. The summed E-state index contributed by atoms with van der Waals surface area (Å²) in [4.78, 5) is 3.78. The highest BCUT2D eigenvalue weighted by atomic mass is 127. The number of aryl methyl sites for hydroxylation is 4. The maximum absolute atomic E-state index is 2.44. The Balaban J connectivity index is 0.00000225. The molecule has 3 aromatic rings. The van der Waals surface area contributed by atoms with Crippen LogP contribution >= 0.6 is 11.8 Å². The average molecular weight is 502 g/mol. The molecule has 4 rings (SSSR count). The SMILES string of the molecule is CCN1/C(=C/c2ccc3cc(C)cc(C)c3[n+]2CC)Sc2cc(C)ccc21.[I-]. The normalized spacial score (nSPS) is 14.5. The van der Waals surface area contributed by atoms with Crippen LogP contribution in [0.25, 0.3) is 17.0 Å². The fourth-order valence-electron chi connectivity index (χ4n) is 4.12. The number of rotatable bonds is 3. The zero-order valence-corrected chi connectivity index (χ0v) is 20.2. The summed E-state index contributed by atoms with van der Waals surface area (Å²) in [6.07, 6.45) is 2.35. The van der Waals surface area contributed by atoms with E-state index in [1.54, 1.807) is 0 Å². The molecule has 0 N–H and O–H groups in total. The maximum Gasteiger partial charge on any atom is 0.215 e. The minimum atomic E-state index is 0. The summed E-state index contributed by atoms with van der Waals surface area (Å²) < 4.78 is 2.44. The zero-order chi connectivity index (χ0) is 19.1. The number of hydrogen-bond acceptors (Lipinski definition) is 2. The van der Waals surface area contributed by atoms with Crippen LogP contribution in [0.15, 0.2) is 52.4 Å². The molecule has 2 nitrogen and oxygen atoms in total. The Morgan fingerprint density at radius 2 is 1.75 bits per heavy atom. The average Bonchev–Trinajstić information content (AvgIpc) is 2.97. The molecule has 0 radical (unpaired) electrons. The first kappa shape index (κ1) is 21.2. The van der Waals surface area contributed by atoms with Crippen molar-refractivity contribution in [2.24, 2.45) is 0 Å². The second-order valence-electron chi connectivity index (χ2n) is 7.32. The lowest BCUT2D eigenvalue weighted by Gasteiger charge is -2.18. The van der Waals surface area contributed by atoms with Gasteiger partial charge < -0.3 is 28.9 Å². The van der Waals surface area contributed by atoms with Crippen molar-refractivity contribution in [3.8, 4) is 0 Å². The lowest BCUT2D eigenvalue weighted by atomic mass is 10.1. The van der Waals surface area contributed by atoms with Crippen molar-refractivity contribution in [1.29, 1.82) is 0 Å². The standard InChI is InChI=1S/C24H27N2S.HI/c1-6-25-20(10-9-19-13-17(4)12-18(5)24(19)25)15-23-26(7-2)21-11-8-16(3)14-22(21)27-23;/h8-15H,6-7H2,1-5H3;1H/q+1;/p-1. The van der Waals surface area contributed by atoms with Gasteiger partial charge in [0.25, 0.3) is 0 Å². The van der Waals surface area contributed by atoms with E-state index in [1.807, 2.05) is 11.8 Å². The van der Waals surface area contributed by atoms with Gasteiger partial charge in [0.2, 0.25) is 11.2 Å². The molecule has 1 aromatic heterocycles. The number of hydrogen-bond donors (Lipinski definition) is 0. The molecule has 0 bridgehead atoms. The summed E-state index contributed by atoms with van der Waals surface area (Å²) in [6.45, 7) is 13.0. The lowest BCUT2D eigenvalue weighted by Crippen LogP contribution is -3.00. The molecule has 2 heterocycles. The summed E-state index contributed by atoms with van der Waals surface area (Å²) in [6, 6.07) is 15.9. The van der Waals surface area contributed by atoms with Crippen LogP contribution in [0, 0.1) is 20.8 Å². The second kappa shape index (κ2) is 8.46. The third-order valence-electron chi connectivity index (χ3n) is 5.28. The number of fused-ring (bicyclic) bond motifs is 2. The summed E-state index contributed by atoms with van der Waals surface area (Å²) >= 11 is 1.88. The highest BCUT2D eigenvalue weighted by Gasteiger charge is 2.25. The number of benzene rings is 2. The Labute approximate surface area is 189 Å². The van der Waals surface area contributed by atoms with Gasteiger partial charge in [-0.1, -0.05) is 17.8 Å². The van der Waals surface area contributed by atoms with Crippen LogP contribution < -0.4 is 33.4 Å². The van der Waals surface area contributed by atoms with E-state index in [0.29, 0.717) is 0 Å². The van der Waals surface area contributed by atoms with Crippen molar-refractivity contribution in [2.75, 3.05) is 11.4 Å². The molecular formula is C24H27IN2S. The number of pyridine rings is 1. The van der Waals surface area contributed by atoms with Gasteiger partial charge in [-0.25, -0.2) is 0 Å². The molecule has 4 heteroatoms. The Morgan fingerprint density at radius 3 is 2.46 bits per heavy atom. The highest BCUT2D eigenvalue weighted by molar-refractivity contribution is 8.03. The Bertz CT molecular complexity index is 1070. The Hall–Kier alpha value is -1.53. The van der Waals surface area contributed by atoms with Gasteiger partial charge >= 0.3 is 0 Å². The van der Waals surface area contributed by atoms with Crippen molar-refractivity contribution in [3.05, 3.63) is 69.9 Å². The topological polar surface area (TPSA) is 7.12 Å². The molecule has 0 atom stereocenters. The van der Waals surface area contributed by atoms with Crippen molar-refractivity contribution in [3.63, 3.8) is 0 Å². The van der Waals surface area contributed by atoms with Crippen molar-refractivity contribution < 1.29 is 28.5 Å². The lowest BCUT2D eigenvalue weighted by molar-refractivity contribution is -0.669. The molecule has 0 amide bonds. The number of anilines is 1. The van der Waals surface area contributed by atoms with Gasteiger partial charge in [-0.2, -0.15) is 4.57 Å². The smallest absolute Gasteiger partial charge is 0.215 e. The van der Waals surface area contributed by atoms with Gasteiger partial charge in [-0.05, 0) is 76.1 Å². The molecule has 0 fully saturated rings. The third kappa shape index (κ3) is 3.69. The van der Waals surface area contributed by atoms with Crippen molar-refractivity contribution in [2.45, 2.75) is 46.1 Å². The van der Waals surface area contributed by atoms with E-state index in [9.17, 15) is 0 Å². The number of halogens is 1. The number of aromatic nitrogens is 1. The minimum Gasteiger partial charge on any atom is -1.00 e. The van der Waals surface area contributed by atoms with Gasteiger partial charge in [0, 0.05) is 34.5 Å². The summed E-state index contributed by atoms with van der Waals surface area (Å²) in [5, 5.41) is 2.63. The molecule has 2 aromatic carbocycles. The second-order valence-corrected chi connectivity index (χ2v) is 8.38. The molecule has 28 heavy (non-hydrogen) atoms. The molecule has 0 unspecified atom stereocenters. The van der Waals surface area contributed by atoms with Gasteiger partial charge in [-0.15, -0.1) is 0 Å². The van der Waals surface area contributed by atoms with Crippen molar-refractivity contribution in [1.82, 2.24) is 0 Å². The molecule has 0 saturated heterocycles. The Morgan fingerprint density at radius 1 is 0.964 bits per heavy atom. The van der Waals surface area contributed by atoms with Crippen molar-refractivity contribution >= 4 is 34.4 Å². The Kier molecular flexibility index (Phi) is 6.40. The van der Waals surface area contributed by atoms with E-state index in [4.69, 9.17) is 0 Å². The van der Waals surface area contributed by atoms with Crippen LogP contribution in [0.3, 0.4) is 0 Å². The minimum absolute atomic E-state index is 0. The fraction of sp³-hybridized carbons (Fsp3) is 0.292. The van der Waals surface area contributed by atoms with Gasteiger partial charge in [-0.3, -0.25) is 0 Å². The van der Waals surface area contributed by atoms with Crippen LogP contribution in [0.2, 0.25) is 0 Å². The molecule has 0 aliphatic carbocycles. The summed E-state index contributed by atoms with van der Waals surface area (Å²) in [7, 11) is 0. The first-order chi connectivity index (χ1) is 13.0. The van der Waals surface area contributed by atoms with E-state index < -0.39 is 0 Å². The first-order valence-electron chi connectivity index (χ1n) is 9.73. The molecule has 146 valence electrons. The molecule has 1 aliphatic rings. The van der Waals surface area contributed by atoms with E-state index in [-0.39, 0.29) is 24.0 Å². The molecular weight excluding hydrogens is 475 g/mol. The van der Waals surface area contributed by atoms with E-state index >= 15 is 0 Å². The highest BCUT2D eigenvalue weighted by Crippen LogP contribution is 2.46. The number of nitrogens with zero attached hydrogens (tertiary/aromatic N) is 2. The monoisotopic (exact) mass is 502 g/mol. The van der Waals surface area contributed by atoms with E-state index in [2.05, 4.69) is 92.6 Å². The fourth-order valence-corrected chi connectivity index (χ4v) is 5.39. The van der Waals surface area contributed by atoms with E-state index in [1.165, 1.54) is 48.9 Å². The van der Waals surface area contributed by atoms with Crippen LogP contribution in [0.4, 0.5) is 5.69 Å². The van der Waals surface area contributed by atoms with Crippen LogP contribution in [-0.4, -0.2) is 6.54 Å². The quantitative estimate of drug-likeness (QED) is 0.402. The summed E-state index contributed by atoms with van der Waals surface area (Å²) in [5.41, 5.74) is 7.92. The number of thioether (sulfide) groups is 1. The predicted octanol–water partition coefficient (Wildman–Crippen LogP) is 3.01. The largest absolute Gasteiger partial charge is 1.00 e. The zero-order valence-electron chi connectivity index (χ0n) is 17.2. The van der Waals surface area contributed by atoms with Gasteiger partial charge in [0.1, 0.15) is 6.54 Å². The predicted molar refractivity (Wildman–Crippen MR) is 117 cm³/mol. The van der Waals surface area contributed by atoms with E-state index in [0.717, 1.165) is 13.1 Å². The van der Waals surface area contributed by atoms with Gasteiger partial charge in [0.15, 0.2) is 0 Å². The molecule has 1 aliphatic heterocycles. The van der Waals surface area contributed by atoms with Crippen LogP contribution in [0.5, 0.6) is 0 Å². The molecule has 0 spiro atoms. The summed E-state index contributed by atoms with van der Waals surface area (Å²) in [5.74, 6) is 0. The first-order valence-corrected chi connectivity index (χ1v) is 10.5. The van der Waals surface area contributed by atoms with Crippen LogP contribution in [-0.2, 0) is 6.54 Å². The third-order valence-corrected chi connectivity index (χ3v) is 6.37. The van der Waals surface area contributed by atoms with Crippen LogP contribution in [0.1, 0.15) is 36.2 Å². The molecule has 0 saturated carbocycles.